The molecule has 1 fully saturated rings. The largest absolute Gasteiger partial charge is 0.333 e. The molecule has 1 aliphatic heterocycles. The van der Waals surface area contributed by atoms with E-state index in [2.05, 4.69) is 23.5 Å². The fourth-order valence-electron chi connectivity index (χ4n) is 4.03. The highest BCUT2D eigenvalue weighted by Crippen LogP contribution is 2.26. The molecule has 138 valence electrons. The highest BCUT2D eigenvalue weighted by atomic mass is 35.5. The van der Waals surface area contributed by atoms with E-state index in [1.807, 2.05) is 11.0 Å². The van der Waals surface area contributed by atoms with Gasteiger partial charge in [0.25, 0.3) is 0 Å². The van der Waals surface area contributed by atoms with Gasteiger partial charge in [-0.3, -0.25) is 4.79 Å². The summed E-state index contributed by atoms with van der Waals surface area (Å²) in [6.07, 6.45) is 3.91. The number of nitrogens with one attached hydrogen (secondary N) is 1. The topological polar surface area (TPSA) is 32.3 Å². The second kappa shape index (κ2) is 8.19. The summed E-state index contributed by atoms with van der Waals surface area (Å²) in [5.41, 5.74) is 4.76. The molecule has 2 aliphatic rings. The van der Waals surface area contributed by atoms with Gasteiger partial charge in [0, 0.05) is 19.6 Å². The summed E-state index contributed by atoms with van der Waals surface area (Å²) in [6, 6.07) is 12.9. The molecule has 1 saturated heterocycles. The van der Waals surface area contributed by atoms with E-state index in [4.69, 9.17) is 0 Å². The number of fused-ring (bicyclic) bond motifs is 1. The lowest BCUT2D eigenvalue weighted by Gasteiger charge is -2.36. The van der Waals surface area contributed by atoms with E-state index >= 15 is 0 Å². The summed E-state index contributed by atoms with van der Waals surface area (Å²) in [5, 5.41) is 3.32. The average molecular weight is 375 g/mol. The zero-order valence-electron chi connectivity index (χ0n) is 14.7. The Morgan fingerprint density at radius 1 is 1.15 bits per heavy atom. The molecule has 1 aliphatic carbocycles. The first kappa shape index (κ1) is 18.9. The van der Waals surface area contributed by atoms with E-state index in [1.54, 1.807) is 6.07 Å². The predicted molar refractivity (Wildman–Crippen MR) is 103 cm³/mol. The number of carbonyl (C=O) groups is 1. The van der Waals surface area contributed by atoms with Crippen molar-refractivity contribution < 1.29 is 9.18 Å². The number of carbonyl (C=O) groups excluding carboxylic acids is 1. The monoisotopic (exact) mass is 374 g/mol. The van der Waals surface area contributed by atoms with Gasteiger partial charge in [0.15, 0.2) is 0 Å². The second-order valence-corrected chi connectivity index (χ2v) is 7.00. The third kappa shape index (κ3) is 3.92. The number of hydrogen-bond acceptors (Lipinski definition) is 2. The number of halogens is 2. The zero-order chi connectivity index (χ0) is 17.2. The minimum atomic E-state index is -0.255. The van der Waals surface area contributed by atoms with Crippen LogP contribution >= 0.6 is 12.4 Å². The number of piperazine rings is 1. The molecule has 0 spiro atoms. The molecule has 0 bridgehead atoms. The van der Waals surface area contributed by atoms with Crippen molar-refractivity contribution >= 4 is 18.3 Å². The third-order valence-electron chi connectivity index (χ3n) is 5.32. The van der Waals surface area contributed by atoms with Gasteiger partial charge < -0.3 is 10.2 Å². The van der Waals surface area contributed by atoms with Gasteiger partial charge in [0.1, 0.15) is 5.82 Å². The first-order valence-corrected chi connectivity index (χ1v) is 9.07. The molecule has 2 aromatic carbocycles. The SMILES string of the molecule is Cl.O=C(Cc1ccc2c(c1)CCC2)N1CCNCC1c1cccc(F)c1. The smallest absolute Gasteiger partial charge is 0.227 e. The van der Waals surface area contributed by atoms with E-state index in [0.29, 0.717) is 19.5 Å². The van der Waals surface area contributed by atoms with E-state index in [1.165, 1.54) is 29.7 Å². The zero-order valence-corrected chi connectivity index (χ0v) is 15.5. The van der Waals surface area contributed by atoms with E-state index in [-0.39, 0.29) is 30.2 Å². The second-order valence-electron chi connectivity index (χ2n) is 7.00. The molecule has 1 unspecified atom stereocenters. The first-order valence-electron chi connectivity index (χ1n) is 9.07. The van der Waals surface area contributed by atoms with Crippen LogP contribution in [0, 0.1) is 5.82 Å². The van der Waals surface area contributed by atoms with Crippen LogP contribution in [0.25, 0.3) is 0 Å². The van der Waals surface area contributed by atoms with Crippen molar-refractivity contribution in [1.29, 1.82) is 0 Å². The van der Waals surface area contributed by atoms with Gasteiger partial charge in [0.05, 0.1) is 12.5 Å². The normalized spacial score (nSPS) is 19.0. The van der Waals surface area contributed by atoms with Crippen LogP contribution < -0.4 is 5.32 Å². The van der Waals surface area contributed by atoms with Gasteiger partial charge in [-0.25, -0.2) is 4.39 Å². The molecular formula is C21H24ClFN2O. The highest BCUT2D eigenvalue weighted by molar-refractivity contribution is 5.85. The minimum Gasteiger partial charge on any atom is -0.333 e. The molecule has 1 N–H and O–H groups in total. The molecule has 4 rings (SSSR count). The molecule has 0 aromatic heterocycles. The van der Waals surface area contributed by atoms with Crippen molar-refractivity contribution in [3.8, 4) is 0 Å². The number of hydrogen-bond donors (Lipinski definition) is 1. The highest BCUT2D eigenvalue weighted by Gasteiger charge is 2.28. The van der Waals surface area contributed by atoms with E-state index in [9.17, 15) is 9.18 Å². The average Bonchev–Trinajstić information content (AvgIpc) is 3.09. The molecule has 1 atom stereocenters. The number of nitrogens with zero attached hydrogens (tertiary/aromatic N) is 1. The van der Waals surface area contributed by atoms with Gasteiger partial charge in [-0.15, -0.1) is 12.4 Å². The van der Waals surface area contributed by atoms with Gasteiger partial charge in [0.2, 0.25) is 5.91 Å². The fraction of sp³-hybridized carbons (Fsp3) is 0.381. The Kier molecular flexibility index (Phi) is 5.94. The van der Waals surface area contributed by atoms with Crippen molar-refractivity contribution in [2.24, 2.45) is 0 Å². The van der Waals surface area contributed by atoms with E-state index in [0.717, 1.165) is 30.5 Å². The lowest BCUT2D eigenvalue weighted by molar-refractivity contribution is -0.133. The Labute approximate surface area is 160 Å². The quantitative estimate of drug-likeness (QED) is 0.892. The first-order chi connectivity index (χ1) is 12.2. The lowest BCUT2D eigenvalue weighted by Crippen LogP contribution is -2.49. The Bertz CT molecular complexity index is 795. The predicted octanol–water partition coefficient (Wildman–Crippen LogP) is 3.45. The standard InChI is InChI=1S/C21H23FN2O.ClH/c22-19-6-2-5-18(13-19)20-14-23-9-10-24(20)21(25)12-15-7-8-16-3-1-4-17(16)11-15;/h2,5-8,11,13,20,23H,1,3-4,9-10,12,14H2;1H. The van der Waals surface area contributed by atoms with Crippen molar-refractivity contribution in [1.82, 2.24) is 10.2 Å². The fourth-order valence-corrected chi connectivity index (χ4v) is 4.03. The van der Waals surface area contributed by atoms with Gasteiger partial charge >= 0.3 is 0 Å². The molecule has 0 saturated carbocycles. The van der Waals surface area contributed by atoms with Crippen LogP contribution in [0.3, 0.4) is 0 Å². The summed E-state index contributed by atoms with van der Waals surface area (Å²) >= 11 is 0. The molecule has 1 heterocycles. The Hall–Kier alpha value is -1.91. The number of benzene rings is 2. The van der Waals surface area contributed by atoms with Crippen LogP contribution in [-0.4, -0.2) is 30.4 Å². The molecule has 2 aromatic rings. The third-order valence-corrected chi connectivity index (χ3v) is 5.32. The van der Waals surface area contributed by atoms with Crippen molar-refractivity contribution in [3.05, 3.63) is 70.5 Å². The van der Waals surface area contributed by atoms with Crippen molar-refractivity contribution in [2.75, 3.05) is 19.6 Å². The van der Waals surface area contributed by atoms with Gasteiger partial charge in [-0.1, -0.05) is 30.3 Å². The summed E-state index contributed by atoms with van der Waals surface area (Å²) in [6.45, 7) is 2.10. The van der Waals surface area contributed by atoms with Crippen LogP contribution in [0.1, 0.15) is 34.7 Å². The summed E-state index contributed by atoms with van der Waals surface area (Å²) in [4.78, 5) is 14.8. The summed E-state index contributed by atoms with van der Waals surface area (Å²) in [7, 11) is 0. The maximum absolute atomic E-state index is 13.6. The van der Waals surface area contributed by atoms with Gasteiger partial charge in [-0.05, 0) is 53.6 Å². The Morgan fingerprint density at radius 2 is 2.00 bits per heavy atom. The number of rotatable bonds is 3. The Balaban J connectivity index is 0.00000196. The van der Waals surface area contributed by atoms with Crippen LogP contribution in [0.2, 0.25) is 0 Å². The van der Waals surface area contributed by atoms with E-state index < -0.39 is 0 Å². The van der Waals surface area contributed by atoms with Gasteiger partial charge in [-0.2, -0.15) is 0 Å². The van der Waals surface area contributed by atoms with Crippen molar-refractivity contribution in [2.45, 2.75) is 31.7 Å². The summed E-state index contributed by atoms with van der Waals surface area (Å²) < 4.78 is 13.6. The van der Waals surface area contributed by atoms with Crippen LogP contribution in [-0.2, 0) is 24.1 Å². The van der Waals surface area contributed by atoms with Crippen molar-refractivity contribution in [3.63, 3.8) is 0 Å². The summed E-state index contributed by atoms with van der Waals surface area (Å²) in [5.74, 6) is -0.136. The number of amides is 1. The van der Waals surface area contributed by atoms with Crippen LogP contribution in [0.5, 0.6) is 0 Å². The molecule has 1 amide bonds. The maximum atomic E-state index is 13.6. The lowest BCUT2D eigenvalue weighted by atomic mass is 10.0. The molecule has 0 radical (unpaired) electrons. The van der Waals surface area contributed by atoms with Crippen LogP contribution in [0.15, 0.2) is 42.5 Å². The number of aryl methyl sites for hydroxylation is 2. The molecule has 26 heavy (non-hydrogen) atoms. The molecule has 3 nitrogen and oxygen atoms in total. The van der Waals surface area contributed by atoms with Crippen LogP contribution in [0.4, 0.5) is 4.39 Å². The molecular weight excluding hydrogens is 351 g/mol. The maximum Gasteiger partial charge on any atom is 0.227 e. The Morgan fingerprint density at radius 3 is 2.85 bits per heavy atom. The minimum absolute atomic E-state index is 0. The molecule has 5 heteroatoms.